The lowest BCUT2D eigenvalue weighted by atomic mass is 9.98. The molecule has 0 saturated carbocycles. The van der Waals surface area contributed by atoms with Gasteiger partial charge in [0, 0.05) is 19.3 Å². The molecule has 3 N–H and O–H groups in total. The fourth-order valence-electron chi connectivity index (χ4n) is 8.74. The monoisotopic (exact) mass is 1080 g/mol. The number of aliphatic hydroxyl groups excluding tert-OH is 2. The number of rotatable bonds is 51. The van der Waals surface area contributed by atoms with Gasteiger partial charge in [0.05, 0.1) is 6.61 Å². The van der Waals surface area contributed by atoms with Crippen molar-refractivity contribution in [3.8, 4) is 0 Å². The first kappa shape index (κ1) is 70.9. The summed E-state index contributed by atoms with van der Waals surface area (Å²) in [5, 5.41) is 31.5. The second-order valence-electron chi connectivity index (χ2n) is 20.6. The van der Waals surface area contributed by atoms with Crippen molar-refractivity contribution in [1.29, 1.82) is 0 Å². The van der Waals surface area contributed by atoms with Gasteiger partial charge in [0.2, 0.25) is 0 Å². The zero-order valence-corrected chi connectivity index (χ0v) is 48.4. The number of aliphatic hydroxyl groups is 2. The van der Waals surface area contributed by atoms with E-state index in [4.69, 9.17) is 23.7 Å². The summed E-state index contributed by atoms with van der Waals surface area (Å²) in [6.45, 7) is 5.78. The molecule has 1 aliphatic rings. The maximum absolute atomic E-state index is 13.1. The number of carboxylic acid groups (broad SMARTS) is 1. The van der Waals surface area contributed by atoms with Crippen LogP contribution in [0.2, 0.25) is 0 Å². The van der Waals surface area contributed by atoms with E-state index < -0.39 is 67.3 Å². The first-order chi connectivity index (χ1) is 37.6. The minimum atomic E-state index is -1.91. The van der Waals surface area contributed by atoms with E-state index in [1.807, 2.05) is 0 Å². The Morgan fingerprint density at radius 3 is 1.30 bits per heavy atom. The predicted molar refractivity (Wildman–Crippen MR) is 312 cm³/mol. The number of unbranched alkanes of at least 4 members (excludes halogenated alkanes) is 23. The van der Waals surface area contributed by atoms with Crippen LogP contribution in [0.3, 0.4) is 0 Å². The smallest absolute Gasteiger partial charge is 0.335 e. The minimum Gasteiger partial charge on any atom is -0.479 e. The maximum Gasteiger partial charge on any atom is 0.335 e. The Kier molecular flexibility index (Phi) is 48.4. The lowest BCUT2D eigenvalue weighted by Crippen LogP contribution is -2.61. The van der Waals surface area contributed by atoms with Crippen molar-refractivity contribution in [3.05, 3.63) is 85.1 Å². The van der Waals surface area contributed by atoms with E-state index in [9.17, 15) is 34.5 Å². The summed E-state index contributed by atoms with van der Waals surface area (Å²) in [7, 11) is 0. The van der Waals surface area contributed by atoms with Crippen molar-refractivity contribution in [2.24, 2.45) is 0 Å². The van der Waals surface area contributed by atoms with Crippen LogP contribution in [-0.2, 0) is 42.9 Å². The van der Waals surface area contributed by atoms with Crippen LogP contribution in [0.25, 0.3) is 0 Å². The first-order valence-electron chi connectivity index (χ1n) is 30.6. The Hall–Kier alpha value is -4.10. The second-order valence-corrected chi connectivity index (χ2v) is 20.6. The number of hydrogen-bond acceptors (Lipinski definition) is 11. The summed E-state index contributed by atoms with van der Waals surface area (Å²) >= 11 is 0. The molecule has 0 bridgehead atoms. The van der Waals surface area contributed by atoms with Gasteiger partial charge in [0.25, 0.3) is 0 Å². The van der Waals surface area contributed by atoms with E-state index in [2.05, 4.69) is 106 Å². The molecule has 1 saturated heterocycles. The highest BCUT2D eigenvalue weighted by Gasteiger charge is 2.50. The number of carbonyl (C=O) groups is 4. The van der Waals surface area contributed by atoms with Crippen molar-refractivity contribution in [3.63, 3.8) is 0 Å². The van der Waals surface area contributed by atoms with E-state index in [1.54, 1.807) is 0 Å². The Labute approximate surface area is 467 Å². The zero-order chi connectivity index (χ0) is 56.1. The summed E-state index contributed by atoms with van der Waals surface area (Å²) in [5.74, 6) is -3.16. The summed E-state index contributed by atoms with van der Waals surface area (Å²) in [4.78, 5) is 51.2. The van der Waals surface area contributed by atoms with Gasteiger partial charge in [-0.05, 0) is 109 Å². The molecule has 77 heavy (non-hydrogen) atoms. The van der Waals surface area contributed by atoms with Crippen molar-refractivity contribution < 1.29 is 58.2 Å². The van der Waals surface area contributed by atoms with Gasteiger partial charge in [-0.2, -0.15) is 0 Å². The van der Waals surface area contributed by atoms with E-state index in [0.29, 0.717) is 19.3 Å². The largest absolute Gasteiger partial charge is 0.479 e. The molecule has 0 aromatic heterocycles. The molecule has 1 aliphatic heterocycles. The summed E-state index contributed by atoms with van der Waals surface area (Å²) < 4.78 is 28.4. The van der Waals surface area contributed by atoms with Gasteiger partial charge >= 0.3 is 23.9 Å². The highest BCUT2D eigenvalue weighted by molar-refractivity contribution is 5.74. The molecule has 1 heterocycles. The van der Waals surface area contributed by atoms with E-state index in [0.717, 1.165) is 167 Å². The third-order valence-electron chi connectivity index (χ3n) is 13.4. The van der Waals surface area contributed by atoms with Gasteiger partial charge in [0.15, 0.2) is 24.6 Å². The SMILES string of the molecule is CC/C=C\C/C=C\C/C=C\CCCCCCCCCC(=O)OCC(COC1OC(C(=O)O)C(O)C(O)C1OC(=O)CCCCCCCCC/C=C\C/C=C\CCCCC)OC(=O)CCCCCCC/C=C\C/C=C\CCC. The second kappa shape index (κ2) is 52.6. The first-order valence-corrected chi connectivity index (χ1v) is 30.6. The zero-order valence-electron chi connectivity index (χ0n) is 48.4. The molecule has 1 fully saturated rings. The van der Waals surface area contributed by atoms with Crippen LogP contribution in [0.1, 0.15) is 252 Å². The molecule has 1 rings (SSSR count). The molecule has 0 amide bonds. The lowest BCUT2D eigenvalue weighted by molar-refractivity contribution is -0.301. The number of hydrogen-bond donors (Lipinski definition) is 3. The number of aliphatic carboxylic acids is 1. The molecule has 0 aromatic carbocycles. The van der Waals surface area contributed by atoms with Crippen molar-refractivity contribution in [2.75, 3.05) is 13.2 Å². The molecule has 0 aromatic rings. The van der Waals surface area contributed by atoms with Gasteiger partial charge < -0.3 is 39.0 Å². The molecule has 12 heteroatoms. The van der Waals surface area contributed by atoms with Crippen LogP contribution in [0, 0.1) is 0 Å². The number of carboxylic acids is 1. The van der Waals surface area contributed by atoms with Crippen LogP contribution in [0.5, 0.6) is 0 Å². The van der Waals surface area contributed by atoms with Gasteiger partial charge in [0.1, 0.15) is 18.8 Å². The highest BCUT2D eigenvalue weighted by atomic mass is 16.7. The predicted octanol–water partition coefficient (Wildman–Crippen LogP) is 15.9. The summed E-state index contributed by atoms with van der Waals surface area (Å²) in [6.07, 6.45) is 55.4. The fraction of sp³-hybridized carbons (Fsp3) is 0.723. The third kappa shape index (κ3) is 42.5. The molecule has 0 spiro atoms. The summed E-state index contributed by atoms with van der Waals surface area (Å²) in [6, 6.07) is 0. The quantitative estimate of drug-likeness (QED) is 0.0228. The minimum absolute atomic E-state index is 0.0464. The molecule has 12 nitrogen and oxygen atoms in total. The molecule has 6 atom stereocenters. The number of carbonyl (C=O) groups excluding carboxylic acids is 3. The molecular formula is C65H108O12. The Balaban J connectivity index is 2.68. The lowest BCUT2D eigenvalue weighted by Gasteiger charge is -2.40. The van der Waals surface area contributed by atoms with E-state index in [1.165, 1.54) is 25.7 Å². The van der Waals surface area contributed by atoms with Crippen LogP contribution in [0.15, 0.2) is 85.1 Å². The molecule has 0 aliphatic carbocycles. The van der Waals surface area contributed by atoms with Crippen molar-refractivity contribution in [1.82, 2.24) is 0 Å². The third-order valence-corrected chi connectivity index (χ3v) is 13.4. The number of esters is 3. The topological polar surface area (TPSA) is 175 Å². The van der Waals surface area contributed by atoms with E-state index in [-0.39, 0.29) is 25.9 Å². The maximum atomic E-state index is 13.1. The van der Waals surface area contributed by atoms with Crippen LogP contribution < -0.4 is 0 Å². The molecular weight excluding hydrogens is 973 g/mol. The molecule has 440 valence electrons. The van der Waals surface area contributed by atoms with Crippen molar-refractivity contribution >= 4 is 23.9 Å². The Morgan fingerprint density at radius 1 is 0.442 bits per heavy atom. The van der Waals surface area contributed by atoms with Gasteiger partial charge in [-0.3, -0.25) is 14.4 Å². The van der Waals surface area contributed by atoms with Gasteiger partial charge in [-0.15, -0.1) is 0 Å². The van der Waals surface area contributed by atoms with Crippen molar-refractivity contribution in [2.45, 2.75) is 289 Å². The normalized spacial score (nSPS) is 18.6. The average molecular weight is 1080 g/mol. The number of ether oxygens (including phenoxy) is 5. The Morgan fingerprint density at radius 2 is 0.844 bits per heavy atom. The standard InChI is InChI=1S/C65H108O12/c1-4-7-10-13-16-19-22-25-27-29-31-34-36-39-42-45-48-51-57(66)73-54-56(75-58(67)52-49-46-43-40-37-33-24-21-18-15-12-9-6-3)55-74-65-63(61(70)60(69)62(77-65)64(71)72)76-59(68)53-50-47-44-41-38-35-32-30-28-26-23-20-17-14-11-8-5-2/h7,10,12,15-17,19-21,24-28,56,60-63,65,69-70H,4-6,8-9,11,13-14,18,22-23,29-55H2,1-3H3,(H,71,72)/b10-7-,15-12-,19-16-,20-17-,24-21-,27-25-,28-26-. The molecule has 6 unspecified atom stereocenters. The number of allylic oxidation sites excluding steroid dienone is 14. The van der Waals surface area contributed by atoms with E-state index >= 15 is 0 Å². The average Bonchev–Trinajstić information content (AvgIpc) is 3.42. The summed E-state index contributed by atoms with van der Waals surface area (Å²) in [5.41, 5.74) is 0. The van der Waals surface area contributed by atoms with Gasteiger partial charge in [-0.25, -0.2) is 4.79 Å². The molecule has 0 radical (unpaired) electrons. The van der Waals surface area contributed by atoms with Crippen LogP contribution >= 0.6 is 0 Å². The highest BCUT2D eigenvalue weighted by Crippen LogP contribution is 2.26. The van der Waals surface area contributed by atoms with Crippen LogP contribution in [-0.4, -0.2) is 89.2 Å². The van der Waals surface area contributed by atoms with Gasteiger partial charge in [-0.1, -0.05) is 209 Å². The Bertz CT molecular complexity index is 1660. The fourth-order valence-corrected chi connectivity index (χ4v) is 8.74. The van der Waals surface area contributed by atoms with Crippen LogP contribution in [0.4, 0.5) is 0 Å².